The summed E-state index contributed by atoms with van der Waals surface area (Å²) < 4.78 is 0. The fourth-order valence-corrected chi connectivity index (χ4v) is 2.96. The van der Waals surface area contributed by atoms with E-state index in [-0.39, 0.29) is 0 Å². The summed E-state index contributed by atoms with van der Waals surface area (Å²) in [6.45, 7) is 11.1. The first-order chi connectivity index (χ1) is 7.50. The highest BCUT2D eigenvalue weighted by Crippen LogP contribution is 2.36. The lowest BCUT2D eigenvalue weighted by molar-refractivity contribution is 0.216. The molecule has 2 heteroatoms. The van der Waals surface area contributed by atoms with Crippen LogP contribution in [0.25, 0.3) is 0 Å². The van der Waals surface area contributed by atoms with Crippen LogP contribution in [0.2, 0.25) is 0 Å². The van der Waals surface area contributed by atoms with Gasteiger partial charge in [0.25, 0.3) is 0 Å². The molecule has 2 unspecified atom stereocenters. The Morgan fingerprint density at radius 3 is 2.38 bits per heavy atom. The molecule has 2 aliphatic rings. The van der Waals surface area contributed by atoms with Gasteiger partial charge in [-0.2, -0.15) is 0 Å². The van der Waals surface area contributed by atoms with Crippen LogP contribution in [-0.2, 0) is 0 Å². The monoisotopic (exact) mass is 224 g/mol. The van der Waals surface area contributed by atoms with Crippen molar-refractivity contribution in [3.63, 3.8) is 0 Å². The number of rotatable bonds is 4. The summed E-state index contributed by atoms with van der Waals surface area (Å²) >= 11 is 0. The lowest BCUT2D eigenvalue weighted by atomic mass is 9.80. The maximum atomic E-state index is 3.50. The van der Waals surface area contributed by atoms with Gasteiger partial charge in [0, 0.05) is 19.1 Å². The molecule has 1 heterocycles. The van der Waals surface area contributed by atoms with Crippen molar-refractivity contribution in [2.45, 2.75) is 46.1 Å². The largest absolute Gasteiger partial charge is 0.315 e. The SMILES string of the molecule is CNC(CN1CCC(C(C)(C)C)C1)C1CC1. The third-order valence-corrected chi connectivity index (χ3v) is 4.51. The molecule has 2 atom stereocenters. The highest BCUT2D eigenvalue weighted by atomic mass is 15.2. The van der Waals surface area contributed by atoms with E-state index in [1.54, 1.807) is 0 Å². The number of hydrogen-bond donors (Lipinski definition) is 1. The van der Waals surface area contributed by atoms with Gasteiger partial charge in [0.1, 0.15) is 0 Å². The van der Waals surface area contributed by atoms with E-state index in [1.165, 1.54) is 38.9 Å². The molecular weight excluding hydrogens is 196 g/mol. The molecule has 1 saturated carbocycles. The predicted octanol–water partition coefficient (Wildman–Crippen LogP) is 2.35. The standard InChI is InChI=1S/C14H28N2/c1-14(2,3)12-7-8-16(9-12)10-13(15-4)11-5-6-11/h11-13,15H,5-10H2,1-4H3. The normalized spacial score (nSPS) is 29.6. The van der Waals surface area contributed by atoms with Gasteiger partial charge in [0.2, 0.25) is 0 Å². The van der Waals surface area contributed by atoms with Gasteiger partial charge in [-0.1, -0.05) is 20.8 Å². The molecule has 1 N–H and O–H groups in total. The molecule has 0 aromatic carbocycles. The zero-order chi connectivity index (χ0) is 11.8. The molecular formula is C14H28N2. The second kappa shape index (κ2) is 4.66. The van der Waals surface area contributed by atoms with E-state index >= 15 is 0 Å². The van der Waals surface area contributed by atoms with Crippen LogP contribution >= 0.6 is 0 Å². The van der Waals surface area contributed by atoms with Gasteiger partial charge in [-0.25, -0.2) is 0 Å². The molecule has 2 fully saturated rings. The quantitative estimate of drug-likeness (QED) is 0.788. The Morgan fingerprint density at radius 1 is 1.25 bits per heavy atom. The average molecular weight is 224 g/mol. The molecule has 94 valence electrons. The van der Waals surface area contributed by atoms with E-state index in [2.05, 4.69) is 38.0 Å². The number of hydrogen-bond acceptors (Lipinski definition) is 2. The fraction of sp³-hybridized carbons (Fsp3) is 1.00. The van der Waals surface area contributed by atoms with E-state index in [1.807, 2.05) is 0 Å². The van der Waals surface area contributed by atoms with Crippen LogP contribution in [0.15, 0.2) is 0 Å². The average Bonchev–Trinajstić information content (AvgIpc) is 2.92. The molecule has 0 aromatic rings. The van der Waals surface area contributed by atoms with Crippen molar-refractivity contribution >= 4 is 0 Å². The van der Waals surface area contributed by atoms with E-state index in [4.69, 9.17) is 0 Å². The second-order valence-corrected chi connectivity index (χ2v) is 6.84. The highest BCUT2D eigenvalue weighted by Gasteiger charge is 2.35. The van der Waals surface area contributed by atoms with Crippen LogP contribution < -0.4 is 5.32 Å². The summed E-state index contributed by atoms with van der Waals surface area (Å²) in [7, 11) is 2.13. The summed E-state index contributed by atoms with van der Waals surface area (Å²) in [5.41, 5.74) is 0.490. The molecule has 0 aromatic heterocycles. The third-order valence-electron chi connectivity index (χ3n) is 4.51. The number of nitrogens with zero attached hydrogens (tertiary/aromatic N) is 1. The van der Waals surface area contributed by atoms with E-state index in [9.17, 15) is 0 Å². The van der Waals surface area contributed by atoms with Crippen LogP contribution in [0.3, 0.4) is 0 Å². The Kier molecular flexibility index (Phi) is 3.60. The first-order valence-electron chi connectivity index (χ1n) is 6.90. The molecule has 1 aliphatic carbocycles. The van der Waals surface area contributed by atoms with Gasteiger partial charge >= 0.3 is 0 Å². The molecule has 1 saturated heterocycles. The van der Waals surface area contributed by atoms with Crippen molar-refractivity contribution in [2.24, 2.45) is 17.3 Å². The summed E-state index contributed by atoms with van der Waals surface area (Å²) in [6.07, 6.45) is 4.29. The molecule has 1 aliphatic heterocycles. The van der Waals surface area contributed by atoms with Crippen LogP contribution in [0.5, 0.6) is 0 Å². The molecule has 2 nitrogen and oxygen atoms in total. The smallest absolute Gasteiger partial charge is 0.0220 e. The molecule has 0 radical (unpaired) electrons. The minimum Gasteiger partial charge on any atom is -0.315 e. The van der Waals surface area contributed by atoms with Crippen molar-refractivity contribution in [3.05, 3.63) is 0 Å². The van der Waals surface area contributed by atoms with Gasteiger partial charge < -0.3 is 10.2 Å². The molecule has 0 spiro atoms. The van der Waals surface area contributed by atoms with Gasteiger partial charge in [-0.3, -0.25) is 0 Å². The van der Waals surface area contributed by atoms with Crippen LogP contribution in [0, 0.1) is 17.3 Å². The first kappa shape index (κ1) is 12.4. The molecule has 2 rings (SSSR count). The van der Waals surface area contributed by atoms with Gasteiger partial charge in [0.15, 0.2) is 0 Å². The Bertz CT molecular complexity index is 227. The first-order valence-corrected chi connectivity index (χ1v) is 6.90. The maximum Gasteiger partial charge on any atom is 0.0220 e. The molecule has 0 bridgehead atoms. The predicted molar refractivity (Wildman–Crippen MR) is 69.6 cm³/mol. The Labute approximate surface area is 101 Å². The van der Waals surface area contributed by atoms with Gasteiger partial charge in [-0.15, -0.1) is 0 Å². The van der Waals surface area contributed by atoms with Crippen LogP contribution in [0.4, 0.5) is 0 Å². The summed E-state index contributed by atoms with van der Waals surface area (Å²) in [4.78, 5) is 2.68. The lowest BCUT2D eigenvalue weighted by Gasteiger charge is -2.28. The second-order valence-electron chi connectivity index (χ2n) is 6.84. The number of likely N-dealkylation sites (tertiary alicyclic amines) is 1. The van der Waals surface area contributed by atoms with Crippen molar-refractivity contribution < 1.29 is 0 Å². The minimum atomic E-state index is 0.490. The van der Waals surface area contributed by atoms with Crippen LogP contribution in [0.1, 0.15) is 40.0 Å². The zero-order valence-corrected chi connectivity index (χ0v) is 11.4. The van der Waals surface area contributed by atoms with E-state index in [0.29, 0.717) is 5.41 Å². The molecule has 16 heavy (non-hydrogen) atoms. The topological polar surface area (TPSA) is 15.3 Å². The van der Waals surface area contributed by atoms with Crippen molar-refractivity contribution in [3.8, 4) is 0 Å². The lowest BCUT2D eigenvalue weighted by Crippen LogP contribution is -2.40. The van der Waals surface area contributed by atoms with Crippen molar-refractivity contribution in [1.29, 1.82) is 0 Å². The zero-order valence-electron chi connectivity index (χ0n) is 11.4. The maximum absolute atomic E-state index is 3.50. The van der Waals surface area contributed by atoms with Gasteiger partial charge in [0.05, 0.1) is 0 Å². The Balaban J connectivity index is 1.79. The molecule has 0 amide bonds. The fourth-order valence-electron chi connectivity index (χ4n) is 2.96. The number of nitrogens with one attached hydrogen (secondary N) is 1. The Morgan fingerprint density at radius 2 is 1.94 bits per heavy atom. The summed E-state index contributed by atoms with van der Waals surface area (Å²) in [5, 5.41) is 3.50. The van der Waals surface area contributed by atoms with Crippen molar-refractivity contribution in [2.75, 3.05) is 26.7 Å². The van der Waals surface area contributed by atoms with Gasteiger partial charge in [-0.05, 0) is 50.1 Å². The minimum absolute atomic E-state index is 0.490. The highest BCUT2D eigenvalue weighted by molar-refractivity contribution is 4.91. The summed E-state index contributed by atoms with van der Waals surface area (Å²) in [6, 6.07) is 0.749. The van der Waals surface area contributed by atoms with Crippen molar-refractivity contribution in [1.82, 2.24) is 10.2 Å². The van der Waals surface area contributed by atoms with E-state index in [0.717, 1.165) is 17.9 Å². The Hall–Kier alpha value is -0.0800. The van der Waals surface area contributed by atoms with E-state index < -0.39 is 0 Å². The third kappa shape index (κ3) is 2.98. The van der Waals surface area contributed by atoms with Crippen LogP contribution in [-0.4, -0.2) is 37.6 Å². The summed E-state index contributed by atoms with van der Waals surface area (Å²) in [5.74, 6) is 1.86. The number of likely N-dealkylation sites (N-methyl/N-ethyl adjacent to an activating group) is 1.